The van der Waals surface area contributed by atoms with E-state index < -0.39 is 0 Å². The van der Waals surface area contributed by atoms with Crippen LogP contribution in [0.4, 0.5) is 0 Å². The summed E-state index contributed by atoms with van der Waals surface area (Å²) in [6.07, 6.45) is 0. The third-order valence-electron chi connectivity index (χ3n) is 10.2. The van der Waals surface area contributed by atoms with Crippen molar-refractivity contribution in [3.63, 3.8) is 0 Å². The monoisotopic (exact) mass is 582 g/mol. The smallest absolute Gasteiger partial charge is 0.146 e. The van der Waals surface area contributed by atoms with Gasteiger partial charge in [-0.3, -0.25) is 4.57 Å². The summed E-state index contributed by atoms with van der Waals surface area (Å²) in [5.41, 5.74) is 16.1. The van der Waals surface area contributed by atoms with Crippen LogP contribution in [0.25, 0.3) is 71.9 Å². The summed E-state index contributed by atoms with van der Waals surface area (Å²) >= 11 is 0. The van der Waals surface area contributed by atoms with Gasteiger partial charge in [0, 0.05) is 11.3 Å². The quantitative estimate of drug-likeness (QED) is 0.228. The predicted octanol–water partition coefficient (Wildman–Crippen LogP) is 1.62. The van der Waals surface area contributed by atoms with Crippen molar-refractivity contribution in [3.8, 4) is 39.3 Å². The van der Waals surface area contributed by atoms with Crippen LogP contribution in [0.1, 0.15) is 0 Å². The fourth-order valence-electron chi connectivity index (χ4n) is 7.38. The Morgan fingerprint density at radius 3 is 1.41 bits per heavy atom. The molecular formula is C39H31B5N2. The Hall–Kier alpha value is -5.15. The number of nitrogens with zero attached hydrogens (tertiary/aromatic N) is 2. The van der Waals surface area contributed by atoms with Crippen LogP contribution in [0.2, 0.25) is 0 Å². The zero-order chi connectivity index (χ0) is 31.5. The molecule has 0 aliphatic carbocycles. The van der Waals surface area contributed by atoms with E-state index >= 15 is 0 Å². The number of para-hydroxylation sites is 2. The number of fused-ring (bicyclic) bond motifs is 3. The molecule has 0 amide bonds. The van der Waals surface area contributed by atoms with Crippen molar-refractivity contribution >= 4 is 99.1 Å². The van der Waals surface area contributed by atoms with Crippen molar-refractivity contribution in [2.45, 2.75) is 0 Å². The van der Waals surface area contributed by atoms with Crippen LogP contribution in [0.15, 0.2) is 127 Å². The highest BCUT2D eigenvalue weighted by atomic mass is 15.1. The molecule has 0 fully saturated rings. The normalized spacial score (nSPS) is 11.5. The van der Waals surface area contributed by atoms with Crippen molar-refractivity contribution < 1.29 is 0 Å². The van der Waals surface area contributed by atoms with Crippen LogP contribution in [0.5, 0.6) is 0 Å². The van der Waals surface area contributed by atoms with Crippen LogP contribution in [0, 0.1) is 0 Å². The van der Waals surface area contributed by atoms with Crippen molar-refractivity contribution in [2.24, 2.45) is 0 Å². The Labute approximate surface area is 274 Å². The summed E-state index contributed by atoms with van der Waals surface area (Å²) in [5, 5.41) is 4.87. The molecule has 0 saturated heterocycles. The summed E-state index contributed by atoms with van der Waals surface area (Å²) in [7, 11) is 11.3. The standard InChI is InChI=1S/C39H31B5N2/c40-33-34(41)36(43)38(37(44)35(33)42)46-30-17-9-8-16-29(30)45-39(46)32-27-14-6-4-12-25(27)31(26-13-5-7-15-28(26)32)24-20-18-23(19-21-24)22-10-2-1-3-11-22/h1-21H,40-44H2. The van der Waals surface area contributed by atoms with Gasteiger partial charge >= 0.3 is 0 Å². The molecule has 212 valence electrons. The maximum Gasteiger partial charge on any atom is 0.146 e. The number of hydrogen-bond donors (Lipinski definition) is 0. The van der Waals surface area contributed by atoms with E-state index in [0.717, 1.165) is 16.9 Å². The lowest BCUT2D eigenvalue weighted by Gasteiger charge is -2.24. The molecule has 7 heteroatoms. The molecule has 0 aliphatic heterocycles. The molecule has 0 bridgehead atoms. The van der Waals surface area contributed by atoms with Gasteiger partial charge in [-0.15, -0.1) is 5.46 Å². The maximum atomic E-state index is 5.43. The largest absolute Gasteiger partial charge is 0.293 e. The Balaban J connectivity index is 1.47. The lowest BCUT2D eigenvalue weighted by molar-refractivity contribution is 1.13. The number of imidazole rings is 1. The summed E-state index contributed by atoms with van der Waals surface area (Å²) < 4.78 is 2.43. The van der Waals surface area contributed by atoms with E-state index in [4.69, 9.17) is 4.98 Å². The first-order chi connectivity index (χ1) is 22.4. The van der Waals surface area contributed by atoms with Crippen molar-refractivity contribution in [3.05, 3.63) is 127 Å². The minimum atomic E-state index is 0.980. The van der Waals surface area contributed by atoms with Gasteiger partial charge in [0.25, 0.3) is 0 Å². The summed E-state index contributed by atoms with van der Waals surface area (Å²) in [6.45, 7) is 0. The minimum Gasteiger partial charge on any atom is -0.293 e. The second-order valence-electron chi connectivity index (χ2n) is 12.5. The Kier molecular flexibility index (Phi) is 6.80. The van der Waals surface area contributed by atoms with E-state index in [1.54, 1.807) is 0 Å². The lowest BCUT2D eigenvalue weighted by atomic mass is 9.61. The average Bonchev–Trinajstić information content (AvgIpc) is 3.48. The average molecular weight is 582 g/mol. The third-order valence-corrected chi connectivity index (χ3v) is 10.2. The fraction of sp³-hybridized carbons (Fsp3) is 0. The van der Waals surface area contributed by atoms with Gasteiger partial charge in [-0.05, 0) is 55.9 Å². The molecule has 8 rings (SSSR count). The Morgan fingerprint density at radius 2 is 0.826 bits per heavy atom. The molecule has 0 atom stereocenters. The highest BCUT2D eigenvalue weighted by Crippen LogP contribution is 2.44. The van der Waals surface area contributed by atoms with Crippen LogP contribution in [0.3, 0.4) is 0 Å². The van der Waals surface area contributed by atoms with E-state index in [1.807, 2.05) is 0 Å². The fourth-order valence-corrected chi connectivity index (χ4v) is 7.38. The molecule has 0 spiro atoms. The molecule has 8 aromatic rings. The Morgan fingerprint density at radius 1 is 0.391 bits per heavy atom. The molecule has 7 aromatic carbocycles. The van der Waals surface area contributed by atoms with Gasteiger partial charge in [0.2, 0.25) is 0 Å². The number of rotatable bonds is 4. The van der Waals surface area contributed by atoms with Crippen LogP contribution in [-0.4, -0.2) is 48.8 Å². The highest BCUT2D eigenvalue weighted by Gasteiger charge is 2.24. The molecule has 0 aliphatic rings. The SMILES string of the molecule is Bc1c(B)c(B)c(-n2c(-c3c4ccccc4c(-c4ccc(-c5ccccc5)cc4)c4ccccc34)nc3ccccc32)c(B)c1B. The van der Waals surface area contributed by atoms with Gasteiger partial charge in [-0.1, -0.05) is 137 Å². The zero-order valence-electron chi connectivity index (χ0n) is 27.0. The first kappa shape index (κ1) is 28.3. The van der Waals surface area contributed by atoms with Gasteiger partial charge in [-0.2, -0.15) is 0 Å². The maximum absolute atomic E-state index is 5.43. The van der Waals surface area contributed by atoms with E-state index in [0.29, 0.717) is 0 Å². The van der Waals surface area contributed by atoms with Gasteiger partial charge in [0.05, 0.1) is 11.0 Å². The number of aromatic nitrogens is 2. The number of benzene rings is 7. The van der Waals surface area contributed by atoms with Crippen LogP contribution < -0.4 is 27.3 Å². The van der Waals surface area contributed by atoms with Gasteiger partial charge in [0.15, 0.2) is 0 Å². The molecule has 0 radical (unpaired) electrons. The summed E-state index contributed by atoms with van der Waals surface area (Å²) in [6, 6.07) is 45.9. The predicted molar refractivity (Wildman–Crippen MR) is 213 cm³/mol. The molecule has 0 N–H and O–H groups in total. The van der Waals surface area contributed by atoms with Gasteiger partial charge < -0.3 is 0 Å². The first-order valence-corrected chi connectivity index (χ1v) is 16.1. The van der Waals surface area contributed by atoms with Crippen molar-refractivity contribution in [1.29, 1.82) is 0 Å². The summed E-state index contributed by atoms with van der Waals surface area (Å²) in [4.78, 5) is 5.43. The van der Waals surface area contributed by atoms with Gasteiger partial charge in [0.1, 0.15) is 45.1 Å². The second-order valence-corrected chi connectivity index (χ2v) is 12.5. The first-order valence-electron chi connectivity index (χ1n) is 16.1. The number of hydrogen-bond acceptors (Lipinski definition) is 1. The zero-order valence-corrected chi connectivity index (χ0v) is 27.0. The summed E-state index contributed by atoms with van der Waals surface area (Å²) in [5.74, 6) is 0.980. The molecule has 0 unspecified atom stereocenters. The van der Waals surface area contributed by atoms with E-state index in [2.05, 4.69) is 171 Å². The van der Waals surface area contributed by atoms with Crippen molar-refractivity contribution in [1.82, 2.24) is 9.55 Å². The minimum absolute atomic E-state index is 0.980. The van der Waals surface area contributed by atoms with Gasteiger partial charge in [-0.25, -0.2) is 4.98 Å². The van der Waals surface area contributed by atoms with E-state index in [-0.39, 0.29) is 0 Å². The van der Waals surface area contributed by atoms with Crippen LogP contribution >= 0.6 is 0 Å². The highest BCUT2D eigenvalue weighted by molar-refractivity contribution is 6.68. The molecule has 2 nitrogen and oxygen atoms in total. The molecule has 46 heavy (non-hydrogen) atoms. The second kappa shape index (κ2) is 11.0. The van der Waals surface area contributed by atoms with Crippen molar-refractivity contribution in [2.75, 3.05) is 0 Å². The lowest BCUT2D eigenvalue weighted by Crippen LogP contribution is -2.56. The third kappa shape index (κ3) is 4.30. The van der Waals surface area contributed by atoms with Crippen LogP contribution in [-0.2, 0) is 0 Å². The molecule has 1 heterocycles. The topological polar surface area (TPSA) is 17.8 Å². The Bertz CT molecular complexity index is 2380. The molecule has 1 aromatic heterocycles. The van der Waals surface area contributed by atoms with E-state index in [9.17, 15) is 0 Å². The van der Waals surface area contributed by atoms with E-state index in [1.165, 1.54) is 82.4 Å². The molecular weight excluding hydrogens is 551 g/mol. The molecule has 0 saturated carbocycles.